The predicted octanol–water partition coefficient (Wildman–Crippen LogP) is 3.59. The van der Waals surface area contributed by atoms with Gasteiger partial charge in [0, 0.05) is 17.3 Å². The first-order chi connectivity index (χ1) is 10.7. The van der Waals surface area contributed by atoms with Gasteiger partial charge in [0.15, 0.2) is 11.5 Å². The molecule has 2 N–H and O–H groups in total. The average molecular weight is 291 g/mol. The molecule has 0 aliphatic rings. The van der Waals surface area contributed by atoms with Gasteiger partial charge in [-0.05, 0) is 12.1 Å². The molecule has 0 amide bonds. The third kappa shape index (κ3) is 3.09. The van der Waals surface area contributed by atoms with Gasteiger partial charge in [0.2, 0.25) is 0 Å². The summed E-state index contributed by atoms with van der Waals surface area (Å²) in [7, 11) is 0. The van der Waals surface area contributed by atoms with Gasteiger partial charge in [0.05, 0.1) is 0 Å². The van der Waals surface area contributed by atoms with Gasteiger partial charge in [0.1, 0.15) is 5.82 Å². The molecule has 0 aliphatic carbocycles. The number of carboxylic acid groups (broad SMARTS) is 1. The van der Waals surface area contributed by atoms with E-state index in [0.29, 0.717) is 11.6 Å². The van der Waals surface area contributed by atoms with Crippen molar-refractivity contribution in [2.75, 3.05) is 5.32 Å². The second kappa shape index (κ2) is 6.05. The lowest BCUT2D eigenvalue weighted by atomic mass is 10.2. The van der Waals surface area contributed by atoms with Crippen molar-refractivity contribution < 1.29 is 9.90 Å². The van der Waals surface area contributed by atoms with Crippen molar-refractivity contribution in [1.29, 1.82) is 0 Å². The lowest BCUT2D eigenvalue weighted by Gasteiger charge is -2.08. The number of benzene rings is 2. The molecule has 3 rings (SSSR count). The van der Waals surface area contributed by atoms with Gasteiger partial charge >= 0.3 is 5.97 Å². The summed E-state index contributed by atoms with van der Waals surface area (Å²) in [6.07, 6.45) is 0. The molecule has 0 fully saturated rings. The Morgan fingerprint density at radius 3 is 2.18 bits per heavy atom. The highest BCUT2D eigenvalue weighted by atomic mass is 16.4. The fourth-order valence-electron chi connectivity index (χ4n) is 2.01. The molecule has 3 aromatic rings. The standard InChI is InChI=1S/C17H13N3O2/c21-17(22)14-11-15(18-13-9-5-2-6-10-13)20-16(19-14)12-7-3-1-4-8-12/h1-11H,(H,21,22)(H,18,19,20). The molecule has 0 atom stereocenters. The molecule has 2 aromatic carbocycles. The third-order valence-electron chi connectivity index (χ3n) is 3.02. The minimum absolute atomic E-state index is 0.0488. The number of aromatic nitrogens is 2. The molecular formula is C17H13N3O2. The lowest BCUT2D eigenvalue weighted by Crippen LogP contribution is -2.05. The average Bonchev–Trinajstić information content (AvgIpc) is 2.56. The van der Waals surface area contributed by atoms with Crippen LogP contribution in [-0.2, 0) is 0 Å². The number of nitrogens with one attached hydrogen (secondary N) is 1. The molecule has 1 aromatic heterocycles. The Hall–Kier alpha value is -3.21. The van der Waals surface area contributed by atoms with Crippen LogP contribution in [0.5, 0.6) is 0 Å². The minimum Gasteiger partial charge on any atom is -0.477 e. The maximum Gasteiger partial charge on any atom is 0.354 e. The molecular weight excluding hydrogens is 278 g/mol. The van der Waals surface area contributed by atoms with Crippen molar-refractivity contribution in [2.45, 2.75) is 0 Å². The van der Waals surface area contributed by atoms with E-state index < -0.39 is 5.97 Å². The quantitative estimate of drug-likeness (QED) is 0.768. The Labute approximate surface area is 127 Å². The third-order valence-corrected chi connectivity index (χ3v) is 3.02. The zero-order chi connectivity index (χ0) is 15.4. The zero-order valence-corrected chi connectivity index (χ0v) is 11.6. The molecule has 1 heterocycles. The van der Waals surface area contributed by atoms with E-state index in [1.165, 1.54) is 6.07 Å². The molecule has 0 saturated heterocycles. The van der Waals surface area contributed by atoms with Gasteiger partial charge in [-0.25, -0.2) is 14.8 Å². The molecule has 0 radical (unpaired) electrons. The summed E-state index contributed by atoms with van der Waals surface area (Å²) >= 11 is 0. The Kier molecular flexibility index (Phi) is 3.78. The molecule has 0 saturated carbocycles. The number of para-hydroxylation sites is 1. The maximum atomic E-state index is 11.3. The van der Waals surface area contributed by atoms with Crippen LogP contribution >= 0.6 is 0 Å². The second-order valence-corrected chi connectivity index (χ2v) is 4.62. The maximum absolute atomic E-state index is 11.3. The summed E-state index contributed by atoms with van der Waals surface area (Å²) in [6.45, 7) is 0. The zero-order valence-electron chi connectivity index (χ0n) is 11.6. The van der Waals surface area contributed by atoms with Crippen molar-refractivity contribution in [3.05, 3.63) is 72.4 Å². The van der Waals surface area contributed by atoms with E-state index in [9.17, 15) is 9.90 Å². The van der Waals surface area contributed by atoms with E-state index in [1.807, 2.05) is 60.7 Å². The number of carboxylic acids is 1. The Balaban J connectivity index is 2.03. The van der Waals surface area contributed by atoms with Crippen molar-refractivity contribution in [1.82, 2.24) is 9.97 Å². The highest BCUT2D eigenvalue weighted by Crippen LogP contribution is 2.20. The van der Waals surface area contributed by atoms with Crippen molar-refractivity contribution in [3.8, 4) is 11.4 Å². The van der Waals surface area contributed by atoms with E-state index in [1.54, 1.807) is 0 Å². The van der Waals surface area contributed by atoms with Gasteiger partial charge in [-0.15, -0.1) is 0 Å². The smallest absolute Gasteiger partial charge is 0.354 e. The van der Waals surface area contributed by atoms with Crippen LogP contribution in [0, 0.1) is 0 Å². The molecule has 0 bridgehead atoms. The van der Waals surface area contributed by atoms with E-state index in [-0.39, 0.29) is 5.69 Å². The van der Waals surface area contributed by atoms with Gasteiger partial charge in [-0.1, -0.05) is 48.5 Å². The van der Waals surface area contributed by atoms with E-state index >= 15 is 0 Å². The Morgan fingerprint density at radius 1 is 0.909 bits per heavy atom. The monoisotopic (exact) mass is 291 g/mol. The fraction of sp³-hybridized carbons (Fsp3) is 0. The largest absolute Gasteiger partial charge is 0.477 e. The molecule has 22 heavy (non-hydrogen) atoms. The van der Waals surface area contributed by atoms with Gasteiger partial charge < -0.3 is 10.4 Å². The second-order valence-electron chi connectivity index (χ2n) is 4.62. The van der Waals surface area contributed by atoms with Crippen LogP contribution in [0.3, 0.4) is 0 Å². The van der Waals surface area contributed by atoms with Crippen LogP contribution < -0.4 is 5.32 Å². The van der Waals surface area contributed by atoms with Crippen LogP contribution in [-0.4, -0.2) is 21.0 Å². The first-order valence-corrected chi connectivity index (χ1v) is 6.72. The normalized spacial score (nSPS) is 10.2. The van der Waals surface area contributed by atoms with Crippen LogP contribution in [0.15, 0.2) is 66.7 Å². The highest BCUT2D eigenvalue weighted by Gasteiger charge is 2.11. The summed E-state index contributed by atoms with van der Waals surface area (Å²) in [5, 5.41) is 12.3. The van der Waals surface area contributed by atoms with Crippen molar-refractivity contribution >= 4 is 17.5 Å². The van der Waals surface area contributed by atoms with Gasteiger partial charge in [0.25, 0.3) is 0 Å². The molecule has 108 valence electrons. The van der Waals surface area contributed by atoms with E-state index in [0.717, 1.165) is 11.3 Å². The van der Waals surface area contributed by atoms with Crippen LogP contribution in [0.25, 0.3) is 11.4 Å². The Bertz CT molecular complexity index is 790. The van der Waals surface area contributed by atoms with Crippen LogP contribution in [0.4, 0.5) is 11.5 Å². The molecule has 5 nitrogen and oxygen atoms in total. The molecule has 0 spiro atoms. The van der Waals surface area contributed by atoms with Crippen molar-refractivity contribution in [2.24, 2.45) is 0 Å². The Morgan fingerprint density at radius 2 is 1.55 bits per heavy atom. The van der Waals surface area contributed by atoms with E-state index in [2.05, 4.69) is 15.3 Å². The number of hydrogen-bond acceptors (Lipinski definition) is 4. The van der Waals surface area contributed by atoms with Crippen molar-refractivity contribution in [3.63, 3.8) is 0 Å². The summed E-state index contributed by atoms with van der Waals surface area (Å²) in [5.74, 6) is -0.271. The first-order valence-electron chi connectivity index (χ1n) is 6.72. The molecule has 0 unspecified atom stereocenters. The topological polar surface area (TPSA) is 75.1 Å². The predicted molar refractivity (Wildman–Crippen MR) is 84.2 cm³/mol. The summed E-state index contributed by atoms with van der Waals surface area (Å²) in [5.41, 5.74) is 1.55. The van der Waals surface area contributed by atoms with Gasteiger partial charge in [-0.3, -0.25) is 0 Å². The number of rotatable bonds is 4. The number of anilines is 2. The molecule has 5 heteroatoms. The van der Waals surface area contributed by atoms with Crippen LogP contribution in [0.2, 0.25) is 0 Å². The summed E-state index contributed by atoms with van der Waals surface area (Å²) < 4.78 is 0. The SMILES string of the molecule is O=C(O)c1cc(Nc2ccccc2)nc(-c2ccccc2)n1. The fourth-order valence-corrected chi connectivity index (χ4v) is 2.01. The lowest BCUT2D eigenvalue weighted by molar-refractivity contribution is 0.0690. The minimum atomic E-state index is -1.09. The van der Waals surface area contributed by atoms with Crippen LogP contribution in [0.1, 0.15) is 10.5 Å². The summed E-state index contributed by atoms with van der Waals surface area (Å²) in [4.78, 5) is 19.8. The number of carbonyl (C=O) groups is 1. The summed E-state index contributed by atoms with van der Waals surface area (Å²) in [6, 6.07) is 20.1. The number of aromatic carboxylic acids is 1. The van der Waals surface area contributed by atoms with E-state index in [4.69, 9.17) is 0 Å². The highest BCUT2D eigenvalue weighted by molar-refractivity contribution is 5.87. The first kappa shape index (κ1) is 13.8. The number of nitrogens with zero attached hydrogens (tertiary/aromatic N) is 2. The number of hydrogen-bond donors (Lipinski definition) is 2. The molecule has 0 aliphatic heterocycles. The van der Waals surface area contributed by atoms with Gasteiger partial charge in [-0.2, -0.15) is 0 Å².